The van der Waals surface area contributed by atoms with Crippen LogP contribution >= 0.6 is 0 Å². The van der Waals surface area contributed by atoms with Crippen molar-refractivity contribution in [2.75, 3.05) is 0 Å². The van der Waals surface area contributed by atoms with Crippen molar-refractivity contribution in [3.05, 3.63) is 191 Å². The third-order valence-electron chi connectivity index (χ3n) is 9.16. The predicted octanol–water partition coefficient (Wildman–Crippen LogP) is 10.5. The highest BCUT2D eigenvalue weighted by atomic mass is 16.5. The molecule has 0 saturated heterocycles. The molecule has 0 unspecified atom stereocenters. The molecule has 6 nitrogen and oxygen atoms in total. The molecule has 5 aromatic carbocycles. The van der Waals surface area contributed by atoms with Gasteiger partial charge in [-0.15, -0.1) is 10.2 Å². The average Bonchev–Trinajstić information content (AvgIpc) is 3.67. The number of hydrogen-bond acceptors (Lipinski definition) is 6. The van der Waals surface area contributed by atoms with Crippen molar-refractivity contribution in [2.45, 2.75) is 44.4 Å². The highest BCUT2D eigenvalue weighted by Gasteiger charge is 2.60. The molecular formula is C42H37N5O. The maximum absolute atomic E-state index is 6.24. The highest BCUT2D eigenvalue weighted by molar-refractivity contribution is 5.72. The molecule has 1 aliphatic rings. The largest absolute Gasteiger partial charge is 0.489 e. The van der Waals surface area contributed by atoms with Gasteiger partial charge in [0.25, 0.3) is 0 Å². The fraction of sp³-hybridized carbons (Fsp3) is 0.167. The van der Waals surface area contributed by atoms with Gasteiger partial charge in [0.15, 0.2) is 0 Å². The highest BCUT2D eigenvalue weighted by Crippen LogP contribution is 2.58. The molecule has 6 heteroatoms. The molecule has 48 heavy (non-hydrogen) atoms. The Labute approximate surface area is 281 Å². The van der Waals surface area contributed by atoms with E-state index < -0.39 is 11.1 Å². The fourth-order valence-electron chi connectivity index (χ4n) is 6.87. The third kappa shape index (κ3) is 5.49. The van der Waals surface area contributed by atoms with Crippen LogP contribution in [0.15, 0.2) is 172 Å². The molecule has 236 valence electrons. The fourth-order valence-corrected chi connectivity index (χ4v) is 6.87. The first kappa shape index (κ1) is 30.9. The Morgan fingerprint density at radius 3 is 1.54 bits per heavy atom. The van der Waals surface area contributed by atoms with E-state index in [1.165, 1.54) is 0 Å². The van der Waals surface area contributed by atoms with Gasteiger partial charge in [-0.3, -0.25) is 4.98 Å². The molecule has 7 rings (SSSR count). The summed E-state index contributed by atoms with van der Waals surface area (Å²) >= 11 is 0. The zero-order valence-corrected chi connectivity index (χ0v) is 27.2. The summed E-state index contributed by atoms with van der Waals surface area (Å²) in [5, 5.41) is 18.5. The molecule has 0 N–H and O–H groups in total. The van der Waals surface area contributed by atoms with Crippen molar-refractivity contribution in [1.29, 1.82) is 0 Å². The SMILES string of the molecule is CCc1cc(OCc2ccc(-c3ccccc3C3(C(c4ccccc4)(c4ccccc4)c4ccccc4)N=NN=N3)cc2)cc(CC)n1. The van der Waals surface area contributed by atoms with Crippen LogP contribution in [0.5, 0.6) is 5.75 Å². The van der Waals surface area contributed by atoms with Gasteiger partial charge < -0.3 is 4.74 Å². The number of nitrogens with zero attached hydrogens (tertiary/aromatic N) is 5. The van der Waals surface area contributed by atoms with Crippen LogP contribution in [0, 0.1) is 0 Å². The van der Waals surface area contributed by atoms with E-state index in [1.807, 2.05) is 36.4 Å². The van der Waals surface area contributed by atoms with Gasteiger partial charge in [-0.25, -0.2) is 0 Å². The monoisotopic (exact) mass is 627 g/mol. The lowest BCUT2D eigenvalue weighted by molar-refractivity contribution is 0.305. The average molecular weight is 628 g/mol. The number of aryl methyl sites for hydroxylation is 2. The van der Waals surface area contributed by atoms with Crippen molar-refractivity contribution >= 4 is 0 Å². The van der Waals surface area contributed by atoms with Gasteiger partial charge in [0, 0.05) is 29.1 Å². The number of benzene rings is 5. The van der Waals surface area contributed by atoms with Gasteiger partial charge >= 0.3 is 0 Å². The number of ether oxygens (including phenoxy) is 1. The summed E-state index contributed by atoms with van der Waals surface area (Å²) in [7, 11) is 0. The molecule has 2 heterocycles. The normalized spacial score (nSPS) is 13.5. The van der Waals surface area contributed by atoms with Gasteiger partial charge in [-0.1, -0.05) is 153 Å². The van der Waals surface area contributed by atoms with Crippen LogP contribution in [0.25, 0.3) is 11.1 Å². The van der Waals surface area contributed by atoms with Crippen LogP contribution in [0.3, 0.4) is 0 Å². The molecule has 0 spiro atoms. The van der Waals surface area contributed by atoms with Crippen LogP contribution in [-0.2, 0) is 30.5 Å². The maximum Gasteiger partial charge on any atom is 0.238 e. The van der Waals surface area contributed by atoms with Gasteiger partial charge in [0.2, 0.25) is 5.66 Å². The first-order chi connectivity index (χ1) is 23.7. The molecule has 6 aromatic rings. The summed E-state index contributed by atoms with van der Waals surface area (Å²) in [5.41, 5.74) is 7.10. The predicted molar refractivity (Wildman–Crippen MR) is 190 cm³/mol. The zero-order valence-electron chi connectivity index (χ0n) is 27.2. The molecule has 0 atom stereocenters. The molecule has 0 saturated carbocycles. The Morgan fingerprint density at radius 2 is 1.04 bits per heavy atom. The van der Waals surface area contributed by atoms with E-state index >= 15 is 0 Å². The summed E-state index contributed by atoms with van der Waals surface area (Å²) in [6.07, 6.45) is 1.75. The van der Waals surface area contributed by atoms with E-state index in [4.69, 9.17) is 15.0 Å². The van der Waals surface area contributed by atoms with E-state index in [-0.39, 0.29) is 0 Å². The summed E-state index contributed by atoms with van der Waals surface area (Å²) < 4.78 is 6.24. The quantitative estimate of drug-likeness (QED) is 0.134. The van der Waals surface area contributed by atoms with Crippen LogP contribution in [-0.4, -0.2) is 4.98 Å². The molecule has 0 amide bonds. The Morgan fingerprint density at radius 1 is 0.562 bits per heavy atom. The Bertz CT molecular complexity index is 1910. The first-order valence-corrected chi connectivity index (χ1v) is 16.5. The number of pyridine rings is 1. The summed E-state index contributed by atoms with van der Waals surface area (Å²) in [5.74, 6) is 0.853. The number of aromatic nitrogens is 1. The van der Waals surface area contributed by atoms with Gasteiger partial charge in [-0.05, 0) is 56.7 Å². The van der Waals surface area contributed by atoms with Crippen molar-refractivity contribution < 1.29 is 4.74 Å². The Balaban J connectivity index is 1.35. The van der Waals surface area contributed by atoms with E-state index in [0.29, 0.717) is 6.61 Å². The minimum Gasteiger partial charge on any atom is -0.489 e. The summed E-state index contributed by atoms with van der Waals surface area (Å²) in [6.45, 7) is 4.69. The lowest BCUT2D eigenvalue weighted by atomic mass is 9.59. The summed E-state index contributed by atoms with van der Waals surface area (Å²) in [6, 6.07) is 52.4. The topological polar surface area (TPSA) is 71.6 Å². The Kier molecular flexibility index (Phi) is 8.71. The number of hydrogen-bond donors (Lipinski definition) is 0. The van der Waals surface area contributed by atoms with E-state index in [1.54, 1.807) is 0 Å². The van der Waals surface area contributed by atoms with E-state index in [2.05, 4.69) is 145 Å². The van der Waals surface area contributed by atoms with Crippen molar-refractivity contribution in [1.82, 2.24) is 4.98 Å². The van der Waals surface area contributed by atoms with Crippen LogP contribution < -0.4 is 4.74 Å². The maximum atomic E-state index is 6.24. The summed E-state index contributed by atoms with van der Waals surface area (Å²) in [4.78, 5) is 4.68. The van der Waals surface area contributed by atoms with Gasteiger partial charge in [0.1, 0.15) is 12.4 Å². The van der Waals surface area contributed by atoms with Gasteiger partial charge in [-0.2, -0.15) is 0 Å². The Hall–Kier alpha value is -5.75. The minimum atomic E-state index is -1.25. The van der Waals surface area contributed by atoms with Crippen LogP contribution in [0.4, 0.5) is 0 Å². The van der Waals surface area contributed by atoms with E-state index in [9.17, 15) is 0 Å². The lowest BCUT2D eigenvalue weighted by Gasteiger charge is -2.45. The van der Waals surface area contributed by atoms with E-state index in [0.717, 1.165) is 68.9 Å². The zero-order chi connectivity index (χ0) is 32.8. The standard InChI is InChI=1S/C42H37N5O/c1-3-36-28-38(29-37(4-2)43-36)48-30-31-24-26-32(27-25-31)39-22-14-15-23-40(39)42(44-46-47-45-42)41(33-16-8-5-9-17-33,34-18-10-6-11-19-34)35-20-12-7-13-21-35/h5-29H,3-4,30H2,1-2H3. The second kappa shape index (κ2) is 13.5. The second-order valence-corrected chi connectivity index (χ2v) is 11.9. The van der Waals surface area contributed by atoms with Crippen molar-refractivity contribution in [2.24, 2.45) is 20.7 Å². The molecule has 0 aliphatic carbocycles. The molecule has 0 bridgehead atoms. The lowest BCUT2D eigenvalue weighted by Crippen LogP contribution is -2.48. The smallest absolute Gasteiger partial charge is 0.238 e. The van der Waals surface area contributed by atoms with Crippen LogP contribution in [0.1, 0.15) is 53.1 Å². The molecule has 1 aromatic heterocycles. The van der Waals surface area contributed by atoms with Gasteiger partial charge in [0.05, 0.1) is 5.41 Å². The molecular weight excluding hydrogens is 590 g/mol. The molecule has 0 fully saturated rings. The minimum absolute atomic E-state index is 0.462. The number of rotatable bonds is 11. The first-order valence-electron chi connectivity index (χ1n) is 16.5. The van der Waals surface area contributed by atoms with Crippen molar-refractivity contribution in [3.63, 3.8) is 0 Å². The van der Waals surface area contributed by atoms with Crippen LogP contribution in [0.2, 0.25) is 0 Å². The second-order valence-electron chi connectivity index (χ2n) is 11.9. The third-order valence-corrected chi connectivity index (χ3v) is 9.16. The molecule has 0 radical (unpaired) electrons. The van der Waals surface area contributed by atoms with Crippen molar-refractivity contribution in [3.8, 4) is 16.9 Å². The molecule has 1 aliphatic heterocycles.